The lowest BCUT2D eigenvalue weighted by Gasteiger charge is -2.09. The van der Waals surface area contributed by atoms with Crippen LogP contribution in [0, 0.1) is 0 Å². The highest BCUT2D eigenvalue weighted by molar-refractivity contribution is 9.11. The zero-order valence-electron chi connectivity index (χ0n) is 9.99. The van der Waals surface area contributed by atoms with Crippen LogP contribution in [0.15, 0.2) is 51.4 Å². The first-order valence-corrected chi connectivity index (χ1v) is 7.23. The minimum absolute atomic E-state index is 0.136. The van der Waals surface area contributed by atoms with Gasteiger partial charge in [0.05, 0.1) is 5.56 Å². The molecule has 0 aliphatic rings. The Balaban J connectivity index is 2.08. The van der Waals surface area contributed by atoms with Gasteiger partial charge in [-0.05, 0) is 45.8 Å². The lowest BCUT2D eigenvalue weighted by molar-refractivity contribution is 0.0950. The van der Waals surface area contributed by atoms with E-state index in [4.69, 9.17) is 5.73 Å². The molecule has 0 aliphatic heterocycles. The van der Waals surface area contributed by atoms with Crippen LogP contribution in [0.4, 0.5) is 5.69 Å². The fraction of sp³-hybridized carbons (Fsp3) is 0.0714. The van der Waals surface area contributed by atoms with E-state index < -0.39 is 0 Å². The normalized spacial score (nSPS) is 10.2. The van der Waals surface area contributed by atoms with Crippen LogP contribution < -0.4 is 11.1 Å². The molecular formula is C14H12Br2N2O. The van der Waals surface area contributed by atoms with Gasteiger partial charge in [-0.3, -0.25) is 4.79 Å². The van der Waals surface area contributed by atoms with Crippen molar-refractivity contribution < 1.29 is 4.79 Å². The SMILES string of the molecule is Nc1ccccc1CNC(=O)c1ccc(Br)cc1Br. The van der Waals surface area contributed by atoms with Crippen molar-refractivity contribution in [2.24, 2.45) is 0 Å². The summed E-state index contributed by atoms with van der Waals surface area (Å²) in [5.41, 5.74) is 8.01. The summed E-state index contributed by atoms with van der Waals surface area (Å²) in [4.78, 5) is 12.1. The highest BCUT2D eigenvalue weighted by atomic mass is 79.9. The molecule has 0 saturated heterocycles. The largest absolute Gasteiger partial charge is 0.398 e. The number of nitrogens with one attached hydrogen (secondary N) is 1. The molecule has 1 amide bonds. The highest BCUT2D eigenvalue weighted by Crippen LogP contribution is 2.22. The monoisotopic (exact) mass is 382 g/mol. The van der Waals surface area contributed by atoms with E-state index in [2.05, 4.69) is 37.2 Å². The van der Waals surface area contributed by atoms with Crippen molar-refractivity contribution in [1.29, 1.82) is 0 Å². The van der Waals surface area contributed by atoms with E-state index in [0.29, 0.717) is 17.8 Å². The molecule has 0 unspecified atom stereocenters. The van der Waals surface area contributed by atoms with Crippen molar-refractivity contribution in [2.75, 3.05) is 5.73 Å². The van der Waals surface area contributed by atoms with Gasteiger partial charge in [0.25, 0.3) is 5.91 Å². The molecule has 0 atom stereocenters. The first-order chi connectivity index (χ1) is 9.08. The van der Waals surface area contributed by atoms with Crippen molar-refractivity contribution >= 4 is 43.5 Å². The average molecular weight is 384 g/mol. The van der Waals surface area contributed by atoms with Gasteiger partial charge < -0.3 is 11.1 Å². The molecular weight excluding hydrogens is 372 g/mol. The molecule has 0 saturated carbocycles. The van der Waals surface area contributed by atoms with E-state index in [0.717, 1.165) is 14.5 Å². The molecule has 3 N–H and O–H groups in total. The van der Waals surface area contributed by atoms with Gasteiger partial charge in [0.2, 0.25) is 0 Å². The Bertz CT molecular complexity index is 614. The van der Waals surface area contributed by atoms with Gasteiger partial charge in [0.15, 0.2) is 0 Å². The van der Waals surface area contributed by atoms with Crippen LogP contribution >= 0.6 is 31.9 Å². The first-order valence-electron chi connectivity index (χ1n) is 5.64. The number of rotatable bonds is 3. The van der Waals surface area contributed by atoms with Gasteiger partial charge in [0.1, 0.15) is 0 Å². The molecule has 0 bridgehead atoms. The minimum atomic E-state index is -0.136. The Morgan fingerprint density at radius 2 is 1.89 bits per heavy atom. The predicted molar refractivity (Wildman–Crippen MR) is 83.9 cm³/mol. The number of hydrogen-bond donors (Lipinski definition) is 2. The van der Waals surface area contributed by atoms with E-state index in [9.17, 15) is 4.79 Å². The lowest BCUT2D eigenvalue weighted by Crippen LogP contribution is -2.23. The van der Waals surface area contributed by atoms with Gasteiger partial charge in [0, 0.05) is 21.2 Å². The second kappa shape index (κ2) is 6.21. The Hall–Kier alpha value is -1.33. The Labute approximate surface area is 128 Å². The molecule has 0 aromatic heterocycles. The third-order valence-electron chi connectivity index (χ3n) is 2.67. The molecule has 2 aromatic carbocycles. The van der Waals surface area contributed by atoms with Crippen molar-refractivity contribution in [2.45, 2.75) is 6.54 Å². The van der Waals surface area contributed by atoms with Gasteiger partial charge in [-0.15, -0.1) is 0 Å². The molecule has 3 nitrogen and oxygen atoms in total. The molecule has 0 fully saturated rings. The molecule has 2 rings (SSSR count). The van der Waals surface area contributed by atoms with Crippen molar-refractivity contribution in [3.8, 4) is 0 Å². The van der Waals surface area contributed by atoms with Gasteiger partial charge >= 0.3 is 0 Å². The summed E-state index contributed by atoms with van der Waals surface area (Å²) in [7, 11) is 0. The number of carbonyl (C=O) groups is 1. The van der Waals surface area contributed by atoms with Crippen LogP contribution in [0.25, 0.3) is 0 Å². The summed E-state index contributed by atoms with van der Waals surface area (Å²) >= 11 is 6.73. The predicted octanol–water partition coefficient (Wildman–Crippen LogP) is 3.72. The van der Waals surface area contributed by atoms with E-state index in [1.54, 1.807) is 6.07 Å². The summed E-state index contributed by atoms with van der Waals surface area (Å²) in [6.45, 7) is 0.411. The van der Waals surface area contributed by atoms with E-state index >= 15 is 0 Å². The molecule has 5 heteroatoms. The molecule has 0 radical (unpaired) electrons. The molecule has 19 heavy (non-hydrogen) atoms. The fourth-order valence-corrected chi connectivity index (χ4v) is 2.87. The second-order valence-electron chi connectivity index (χ2n) is 4.01. The maximum atomic E-state index is 12.1. The molecule has 0 spiro atoms. The third kappa shape index (κ3) is 3.58. The molecule has 98 valence electrons. The number of halogens is 2. The summed E-state index contributed by atoms with van der Waals surface area (Å²) in [5, 5.41) is 2.85. The number of anilines is 1. The Morgan fingerprint density at radius 1 is 1.16 bits per heavy atom. The lowest BCUT2D eigenvalue weighted by atomic mass is 10.1. The number of carbonyl (C=O) groups excluding carboxylic acids is 1. The average Bonchev–Trinajstić information content (AvgIpc) is 2.37. The zero-order valence-corrected chi connectivity index (χ0v) is 13.2. The number of nitrogen functional groups attached to an aromatic ring is 1. The van der Waals surface area contributed by atoms with E-state index in [1.807, 2.05) is 36.4 Å². The van der Waals surface area contributed by atoms with Crippen LogP contribution in [0.1, 0.15) is 15.9 Å². The standard InChI is InChI=1S/C14H12Br2N2O/c15-10-5-6-11(12(16)7-10)14(19)18-8-9-3-1-2-4-13(9)17/h1-7H,8,17H2,(H,18,19). The summed E-state index contributed by atoms with van der Waals surface area (Å²) < 4.78 is 1.67. The summed E-state index contributed by atoms with van der Waals surface area (Å²) in [6, 6.07) is 12.9. The number of amides is 1. The Morgan fingerprint density at radius 3 is 2.58 bits per heavy atom. The van der Waals surface area contributed by atoms with Gasteiger partial charge in [-0.1, -0.05) is 34.1 Å². The van der Waals surface area contributed by atoms with Crippen LogP contribution in [-0.4, -0.2) is 5.91 Å². The van der Waals surface area contributed by atoms with Crippen LogP contribution in [-0.2, 0) is 6.54 Å². The number of para-hydroxylation sites is 1. The maximum absolute atomic E-state index is 12.1. The van der Waals surface area contributed by atoms with Crippen molar-refractivity contribution in [3.63, 3.8) is 0 Å². The summed E-state index contributed by atoms with van der Waals surface area (Å²) in [5.74, 6) is -0.136. The topological polar surface area (TPSA) is 55.1 Å². The smallest absolute Gasteiger partial charge is 0.252 e. The highest BCUT2D eigenvalue weighted by Gasteiger charge is 2.10. The van der Waals surface area contributed by atoms with Gasteiger partial charge in [-0.2, -0.15) is 0 Å². The van der Waals surface area contributed by atoms with Gasteiger partial charge in [-0.25, -0.2) is 0 Å². The quantitative estimate of drug-likeness (QED) is 0.793. The molecule has 0 heterocycles. The van der Waals surface area contributed by atoms with Crippen molar-refractivity contribution in [3.05, 3.63) is 62.5 Å². The third-order valence-corrected chi connectivity index (χ3v) is 3.82. The van der Waals surface area contributed by atoms with Crippen LogP contribution in [0.5, 0.6) is 0 Å². The number of nitrogens with two attached hydrogens (primary N) is 1. The fourth-order valence-electron chi connectivity index (χ4n) is 1.64. The van der Waals surface area contributed by atoms with Crippen LogP contribution in [0.2, 0.25) is 0 Å². The minimum Gasteiger partial charge on any atom is -0.398 e. The zero-order chi connectivity index (χ0) is 13.8. The second-order valence-corrected chi connectivity index (χ2v) is 5.78. The number of hydrogen-bond acceptors (Lipinski definition) is 2. The molecule has 0 aliphatic carbocycles. The first kappa shape index (κ1) is 14.1. The van der Waals surface area contributed by atoms with E-state index in [-0.39, 0.29) is 5.91 Å². The van der Waals surface area contributed by atoms with Crippen LogP contribution in [0.3, 0.4) is 0 Å². The van der Waals surface area contributed by atoms with Crippen molar-refractivity contribution in [1.82, 2.24) is 5.32 Å². The Kier molecular flexibility index (Phi) is 4.61. The maximum Gasteiger partial charge on any atom is 0.252 e. The number of benzene rings is 2. The van der Waals surface area contributed by atoms with E-state index in [1.165, 1.54) is 0 Å². The molecule has 2 aromatic rings. The summed E-state index contributed by atoms with van der Waals surface area (Å²) in [6.07, 6.45) is 0.